The molecular weight excluding hydrogens is 403 g/mol. The van der Waals surface area contributed by atoms with Gasteiger partial charge in [-0.3, -0.25) is 9.79 Å². The van der Waals surface area contributed by atoms with Crippen molar-refractivity contribution in [3.8, 4) is 0 Å². The molecule has 4 N–H and O–H groups in total. The van der Waals surface area contributed by atoms with Crippen LogP contribution in [0, 0.1) is 5.82 Å². The summed E-state index contributed by atoms with van der Waals surface area (Å²) in [5.41, 5.74) is 6.51. The molecular formula is C21H25FN6OS. The van der Waals surface area contributed by atoms with Crippen molar-refractivity contribution >= 4 is 34.3 Å². The van der Waals surface area contributed by atoms with Crippen molar-refractivity contribution < 1.29 is 9.18 Å². The maximum Gasteiger partial charge on any atom is 0.257 e. The number of aliphatic imine (C=N–C) groups is 1. The Bertz CT molecular complexity index is 960. The zero-order valence-electron chi connectivity index (χ0n) is 16.8. The number of thioether (sulfide) groups is 1. The Morgan fingerprint density at radius 2 is 2.10 bits per heavy atom. The van der Waals surface area contributed by atoms with E-state index < -0.39 is 5.54 Å². The molecule has 1 aromatic carbocycles. The molecule has 1 unspecified atom stereocenters. The van der Waals surface area contributed by atoms with E-state index in [1.54, 1.807) is 24.4 Å². The van der Waals surface area contributed by atoms with Crippen LogP contribution in [0.3, 0.4) is 0 Å². The normalized spacial score (nSPS) is 21.8. The molecule has 0 bridgehead atoms. The number of benzene rings is 1. The van der Waals surface area contributed by atoms with E-state index in [9.17, 15) is 9.18 Å². The first-order valence-electron chi connectivity index (χ1n) is 9.96. The molecule has 0 radical (unpaired) electrons. The largest absolute Gasteiger partial charge is 0.379 e. The van der Waals surface area contributed by atoms with Crippen LogP contribution in [-0.4, -0.2) is 48.0 Å². The zero-order chi connectivity index (χ0) is 21.1. The number of anilines is 2. The predicted molar refractivity (Wildman–Crippen MR) is 120 cm³/mol. The number of nitrogens with two attached hydrogens (primary N) is 1. The van der Waals surface area contributed by atoms with Gasteiger partial charge in [-0.1, -0.05) is 11.8 Å². The summed E-state index contributed by atoms with van der Waals surface area (Å²) in [7, 11) is 0. The minimum absolute atomic E-state index is 0.292. The number of aromatic nitrogens is 1. The molecule has 2 aromatic rings. The topological polar surface area (TPSA) is 95.6 Å². The van der Waals surface area contributed by atoms with Gasteiger partial charge in [0.2, 0.25) is 0 Å². The maximum absolute atomic E-state index is 14.6. The number of hydrogen-bond acceptors (Lipinski definition) is 7. The molecule has 1 amide bonds. The Balaban J connectivity index is 1.50. The molecule has 0 spiro atoms. The van der Waals surface area contributed by atoms with E-state index in [2.05, 4.69) is 25.5 Å². The number of halogens is 1. The van der Waals surface area contributed by atoms with Gasteiger partial charge in [0.15, 0.2) is 5.17 Å². The summed E-state index contributed by atoms with van der Waals surface area (Å²) in [6, 6.07) is 8.16. The van der Waals surface area contributed by atoms with Gasteiger partial charge in [0, 0.05) is 49.4 Å². The SMILES string of the molecule is CC1(c2cc(NC(=O)c3ccc(N4CCNCC4)nc3)ccc2F)CCSC(N)=N1. The Labute approximate surface area is 179 Å². The lowest BCUT2D eigenvalue weighted by Gasteiger charge is -2.30. The van der Waals surface area contributed by atoms with Crippen LogP contribution in [0.25, 0.3) is 0 Å². The van der Waals surface area contributed by atoms with E-state index in [1.807, 2.05) is 13.0 Å². The molecule has 158 valence electrons. The zero-order valence-corrected chi connectivity index (χ0v) is 17.6. The third-order valence-corrected chi connectivity index (χ3v) is 6.25. The third-order valence-electron chi connectivity index (χ3n) is 5.45. The number of amidine groups is 1. The number of nitrogens with zero attached hydrogens (tertiary/aromatic N) is 3. The van der Waals surface area contributed by atoms with Gasteiger partial charge in [0.05, 0.1) is 11.1 Å². The van der Waals surface area contributed by atoms with Crippen molar-refractivity contribution in [2.24, 2.45) is 10.7 Å². The number of nitrogens with one attached hydrogen (secondary N) is 2. The van der Waals surface area contributed by atoms with Crippen LogP contribution in [0.2, 0.25) is 0 Å². The number of carbonyl (C=O) groups excluding carboxylic acids is 1. The van der Waals surface area contributed by atoms with E-state index in [0.717, 1.165) is 37.7 Å². The fourth-order valence-corrected chi connectivity index (χ4v) is 4.68. The third kappa shape index (κ3) is 4.41. The van der Waals surface area contributed by atoms with Crippen LogP contribution in [0.1, 0.15) is 29.3 Å². The van der Waals surface area contributed by atoms with Crippen LogP contribution in [0.15, 0.2) is 41.5 Å². The second-order valence-corrected chi connectivity index (χ2v) is 8.73. The number of pyridine rings is 1. The molecule has 0 aliphatic carbocycles. The Morgan fingerprint density at radius 1 is 1.30 bits per heavy atom. The lowest BCUT2D eigenvalue weighted by Crippen LogP contribution is -2.43. The molecule has 0 saturated carbocycles. The highest BCUT2D eigenvalue weighted by atomic mass is 32.2. The minimum atomic E-state index is -0.743. The van der Waals surface area contributed by atoms with E-state index in [0.29, 0.717) is 28.4 Å². The Hall–Kier alpha value is -2.65. The molecule has 7 nitrogen and oxygen atoms in total. The summed E-state index contributed by atoms with van der Waals surface area (Å²) in [6.07, 6.45) is 2.24. The fourth-order valence-electron chi connectivity index (χ4n) is 3.70. The van der Waals surface area contributed by atoms with Crippen LogP contribution in [-0.2, 0) is 5.54 Å². The first-order valence-corrected chi connectivity index (χ1v) is 10.9. The van der Waals surface area contributed by atoms with E-state index in [1.165, 1.54) is 17.8 Å². The number of carbonyl (C=O) groups is 1. The first kappa shape index (κ1) is 20.6. The van der Waals surface area contributed by atoms with Crippen LogP contribution < -0.4 is 21.3 Å². The lowest BCUT2D eigenvalue weighted by atomic mass is 9.89. The summed E-state index contributed by atoms with van der Waals surface area (Å²) >= 11 is 1.47. The van der Waals surface area contributed by atoms with Crippen molar-refractivity contribution in [3.63, 3.8) is 0 Å². The highest BCUT2D eigenvalue weighted by Crippen LogP contribution is 2.37. The van der Waals surface area contributed by atoms with Gasteiger partial charge in [-0.05, 0) is 43.7 Å². The van der Waals surface area contributed by atoms with Crippen molar-refractivity contribution in [3.05, 3.63) is 53.5 Å². The smallest absolute Gasteiger partial charge is 0.257 e. The minimum Gasteiger partial charge on any atom is -0.379 e. The van der Waals surface area contributed by atoms with Crippen LogP contribution in [0.5, 0.6) is 0 Å². The molecule has 9 heteroatoms. The molecule has 30 heavy (non-hydrogen) atoms. The van der Waals surface area contributed by atoms with E-state index in [-0.39, 0.29) is 11.7 Å². The number of rotatable bonds is 4. The summed E-state index contributed by atoms with van der Waals surface area (Å²) in [6.45, 7) is 5.49. The highest BCUT2D eigenvalue weighted by molar-refractivity contribution is 8.13. The van der Waals surface area contributed by atoms with Gasteiger partial charge in [0.25, 0.3) is 5.91 Å². The summed E-state index contributed by atoms with van der Waals surface area (Å²) in [4.78, 5) is 23.8. The number of hydrogen-bond donors (Lipinski definition) is 3. The summed E-state index contributed by atoms with van der Waals surface area (Å²) in [5, 5.41) is 6.59. The van der Waals surface area contributed by atoms with Crippen molar-refractivity contribution in [2.45, 2.75) is 18.9 Å². The quantitative estimate of drug-likeness (QED) is 0.693. The number of piperazine rings is 1. The monoisotopic (exact) mass is 428 g/mol. The summed E-state index contributed by atoms with van der Waals surface area (Å²) in [5.74, 6) is 0.975. The second kappa shape index (κ2) is 8.61. The summed E-state index contributed by atoms with van der Waals surface area (Å²) < 4.78 is 14.6. The Morgan fingerprint density at radius 3 is 2.80 bits per heavy atom. The fraction of sp³-hybridized carbons (Fsp3) is 0.381. The van der Waals surface area contributed by atoms with Crippen molar-refractivity contribution in [2.75, 3.05) is 42.1 Å². The second-order valence-electron chi connectivity index (χ2n) is 7.61. The van der Waals surface area contributed by atoms with Gasteiger partial charge in [-0.15, -0.1) is 0 Å². The first-order chi connectivity index (χ1) is 14.4. The molecule has 2 aliphatic rings. The van der Waals surface area contributed by atoms with Gasteiger partial charge in [-0.25, -0.2) is 9.37 Å². The molecule has 1 atom stereocenters. The highest BCUT2D eigenvalue weighted by Gasteiger charge is 2.32. The van der Waals surface area contributed by atoms with Crippen LogP contribution in [0.4, 0.5) is 15.9 Å². The lowest BCUT2D eigenvalue weighted by molar-refractivity contribution is 0.102. The molecule has 1 aromatic heterocycles. The van der Waals surface area contributed by atoms with Crippen molar-refractivity contribution in [1.29, 1.82) is 0 Å². The van der Waals surface area contributed by atoms with E-state index >= 15 is 0 Å². The standard InChI is InChI=1S/C21H25FN6OS/c1-21(6-11-30-20(23)27-21)16-12-15(3-4-17(16)22)26-19(29)14-2-5-18(25-13-14)28-9-7-24-8-10-28/h2-5,12-13,24H,6-11H2,1H3,(H2,23,27)(H,26,29). The Kier molecular flexibility index (Phi) is 5.92. The van der Waals surface area contributed by atoms with Gasteiger partial charge in [0.1, 0.15) is 11.6 Å². The molecule has 3 heterocycles. The van der Waals surface area contributed by atoms with Gasteiger partial charge >= 0.3 is 0 Å². The molecule has 1 saturated heterocycles. The number of amides is 1. The maximum atomic E-state index is 14.6. The average Bonchev–Trinajstić information content (AvgIpc) is 2.75. The predicted octanol–water partition coefficient (Wildman–Crippen LogP) is 2.55. The molecule has 1 fully saturated rings. The van der Waals surface area contributed by atoms with Crippen LogP contribution >= 0.6 is 11.8 Å². The van der Waals surface area contributed by atoms with Crippen molar-refractivity contribution in [1.82, 2.24) is 10.3 Å². The van der Waals surface area contributed by atoms with E-state index in [4.69, 9.17) is 5.73 Å². The molecule has 4 rings (SSSR count). The average molecular weight is 429 g/mol. The van der Waals surface area contributed by atoms with Gasteiger partial charge < -0.3 is 21.3 Å². The van der Waals surface area contributed by atoms with Gasteiger partial charge in [-0.2, -0.15) is 0 Å². The molecule has 2 aliphatic heterocycles.